The van der Waals surface area contributed by atoms with E-state index < -0.39 is 0 Å². The smallest absolute Gasteiger partial charge is 0.257 e. The first-order valence-corrected chi connectivity index (χ1v) is 9.77. The Hall–Kier alpha value is -3.52. The van der Waals surface area contributed by atoms with E-state index in [0.717, 1.165) is 5.56 Å². The first-order chi connectivity index (χ1) is 13.9. The Bertz CT molecular complexity index is 1050. The van der Waals surface area contributed by atoms with E-state index in [1.54, 1.807) is 41.8 Å². The molecular weight excluding hydrogens is 388 g/mol. The van der Waals surface area contributed by atoms with Gasteiger partial charge in [-0.25, -0.2) is 4.98 Å². The largest absolute Gasteiger partial charge is 0.325 e. The number of nitrogens with one attached hydrogen (secondary N) is 3. The van der Waals surface area contributed by atoms with Crippen LogP contribution in [0.15, 0.2) is 53.9 Å². The lowest BCUT2D eigenvalue weighted by atomic mass is 10.2. The van der Waals surface area contributed by atoms with Crippen molar-refractivity contribution in [3.8, 4) is 0 Å². The summed E-state index contributed by atoms with van der Waals surface area (Å²) in [5, 5.41) is 10.4. The summed E-state index contributed by atoms with van der Waals surface area (Å²) >= 11 is 1.25. The summed E-state index contributed by atoms with van der Waals surface area (Å²) in [7, 11) is 0. The van der Waals surface area contributed by atoms with Gasteiger partial charge in [-0.05, 0) is 36.8 Å². The van der Waals surface area contributed by atoms with Crippen molar-refractivity contribution >= 4 is 45.6 Å². The highest BCUT2D eigenvalue weighted by molar-refractivity contribution is 7.14. The van der Waals surface area contributed by atoms with Crippen molar-refractivity contribution in [1.29, 1.82) is 0 Å². The summed E-state index contributed by atoms with van der Waals surface area (Å²) < 4.78 is 0. The molecular formula is C21H20N4O3S. The molecule has 3 aromatic rings. The molecule has 1 heterocycles. The number of nitrogens with zero attached hydrogens (tertiary/aromatic N) is 1. The number of thiazole rings is 1. The van der Waals surface area contributed by atoms with Gasteiger partial charge in [0.15, 0.2) is 5.13 Å². The average Bonchev–Trinajstić information content (AvgIpc) is 3.11. The van der Waals surface area contributed by atoms with Gasteiger partial charge >= 0.3 is 0 Å². The molecule has 8 heteroatoms. The van der Waals surface area contributed by atoms with E-state index in [-0.39, 0.29) is 24.1 Å². The van der Waals surface area contributed by atoms with Crippen molar-refractivity contribution in [2.45, 2.75) is 20.3 Å². The van der Waals surface area contributed by atoms with Crippen LogP contribution in [0.1, 0.15) is 28.5 Å². The molecule has 0 spiro atoms. The van der Waals surface area contributed by atoms with Crippen LogP contribution >= 0.6 is 11.3 Å². The van der Waals surface area contributed by atoms with Gasteiger partial charge in [-0.3, -0.25) is 19.7 Å². The molecule has 7 nitrogen and oxygen atoms in total. The van der Waals surface area contributed by atoms with Crippen LogP contribution in [0.2, 0.25) is 0 Å². The number of rotatable bonds is 6. The molecule has 0 aliphatic heterocycles. The van der Waals surface area contributed by atoms with Crippen LogP contribution in [-0.2, 0) is 16.0 Å². The zero-order valence-corrected chi connectivity index (χ0v) is 16.8. The van der Waals surface area contributed by atoms with Crippen LogP contribution in [0.3, 0.4) is 0 Å². The van der Waals surface area contributed by atoms with Crippen LogP contribution < -0.4 is 16.0 Å². The third-order valence-electron chi connectivity index (χ3n) is 3.91. The Kier molecular flexibility index (Phi) is 6.36. The zero-order valence-electron chi connectivity index (χ0n) is 16.0. The molecule has 0 aliphatic rings. The van der Waals surface area contributed by atoms with Gasteiger partial charge in [0.05, 0.1) is 23.5 Å². The number of hydrogen-bond donors (Lipinski definition) is 3. The van der Waals surface area contributed by atoms with E-state index in [1.165, 1.54) is 18.3 Å². The van der Waals surface area contributed by atoms with Gasteiger partial charge in [-0.15, -0.1) is 11.3 Å². The van der Waals surface area contributed by atoms with Crippen molar-refractivity contribution in [3.05, 3.63) is 70.7 Å². The van der Waals surface area contributed by atoms with Gasteiger partial charge < -0.3 is 10.6 Å². The first-order valence-electron chi connectivity index (χ1n) is 8.89. The lowest BCUT2D eigenvalue weighted by Gasteiger charge is -2.12. The number of hydrogen-bond acceptors (Lipinski definition) is 5. The summed E-state index contributed by atoms with van der Waals surface area (Å²) in [5.41, 5.74) is 3.09. The molecule has 0 fully saturated rings. The van der Waals surface area contributed by atoms with Crippen LogP contribution in [0.25, 0.3) is 0 Å². The van der Waals surface area contributed by atoms with Crippen molar-refractivity contribution in [1.82, 2.24) is 4.98 Å². The van der Waals surface area contributed by atoms with Crippen LogP contribution in [0.5, 0.6) is 0 Å². The molecule has 148 valence electrons. The maximum atomic E-state index is 12.4. The third-order valence-corrected chi connectivity index (χ3v) is 4.72. The molecule has 1 aromatic heterocycles. The van der Waals surface area contributed by atoms with E-state index in [0.29, 0.717) is 27.8 Å². The monoisotopic (exact) mass is 408 g/mol. The first kappa shape index (κ1) is 20.2. The van der Waals surface area contributed by atoms with Crippen molar-refractivity contribution in [2.75, 3.05) is 16.0 Å². The predicted octanol–water partition coefficient (Wildman–Crippen LogP) is 3.84. The van der Waals surface area contributed by atoms with Crippen LogP contribution in [-0.4, -0.2) is 22.7 Å². The molecule has 2 aromatic carbocycles. The molecule has 3 N–H and O–H groups in total. The normalized spacial score (nSPS) is 10.3. The average molecular weight is 408 g/mol. The summed E-state index contributed by atoms with van der Waals surface area (Å²) in [5.74, 6) is -0.744. The summed E-state index contributed by atoms with van der Waals surface area (Å²) in [4.78, 5) is 40.3. The highest BCUT2D eigenvalue weighted by Gasteiger charge is 2.13. The molecule has 0 saturated carbocycles. The van der Waals surface area contributed by atoms with Gasteiger partial charge in [0.25, 0.3) is 5.91 Å². The number of anilines is 3. The number of aryl methyl sites for hydroxylation is 1. The van der Waals surface area contributed by atoms with E-state index in [9.17, 15) is 14.4 Å². The van der Waals surface area contributed by atoms with E-state index in [4.69, 9.17) is 0 Å². The molecule has 0 aliphatic carbocycles. The second kappa shape index (κ2) is 9.11. The SMILES string of the molecule is CC(=O)Nc1ccc(C)cc1NC(=O)Cc1csc(NC(=O)c2ccccc2)n1. The number of aromatic nitrogens is 1. The predicted molar refractivity (Wildman–Crippen MR) is 114 cm³/mol. The molecule has 0 unspecified atom stereocenters. The minimum absolute atomic E-state index is 0.0468. The lowest BCUT2D eigenvalue weighted by Crippen LogP contribution is -2.17. The molecule has 3 amide bonds. The fourth-order valence-electron chi connectivity index (χ4n) is 2.62. The fraction of sp³-hybridized carbons (Fsp3) is 0.143. The Balaban J connectivity index is 1.63. The minimum Gasteiger partial charge on any atom is -0.325 e. The second-order valence-electron chi connectivity index (χ2n) is 6.42. The van der Waals surface area contributed by atoms with Crippen LogP contribution in [0.4, 0.5) is 16.5 Å². The molecule has 0 radical (unpaired) electrons. The summed E-state index contributed by atoms with van der Waals surface area (Å²) in [6.45, 7) is 3.31. The number of carbonyl (C=O) groups is 3. The fourth-order valence-corrected chi connectivity index (χ4v) is 3.33. The Morgan fingerprint density at radius 2 is 1.72 bits per heavy atom. The Labute approximate surface area is 172 Å². The molecule has 0 atom stereocenters. The number of carbonyl (C=O) groups excluding carboxylic acids is 3. The van der Waals surface area contributed by atoms with E-state index >= 15 is 0 Å². The van der Waals surface area contributed by atoms with Gasteiger partial charge in [-0.1, -0.05) is 24.3 Å². The highest BCUT2D eigenvalue weighted by atomic mass is 32.1. The van der Waals surface area contributed by atoms with Gasteiger partial charge in [0, 0.05) is 17.9 Å². The maximum absolute atomic E-state index is 12.4. The quantitative estimate of drug-likeness (QED) is 0.577. The maximum Gasteiger partial charge on any atom is 0.257 e. The molecule has 3 rings (SSSR count). The van der Waals surface area contributed by atoms with E-state index in [2.05, 4.69) is 20.9 Å². The molecule has 29 heavy (non-hydrogen) atoms. The van der Waals surface area contributed by atoms with Crippen molar-refractivity contribution in [2.24, 2.45) is 0 Å². The molecule has 0 saturated heterocycles. The third kappa shape index (κ3) is 5.73. The highest BCUT2D eigenvalue weighted by Crippen LogP contribution is 2.24. The standard InChI is InChI=1S/C21H20N4O3S/c1-13-8-9-17(22-14(2)26)18(10-13)24-19(27)11-16-12-29-21(23-16)25-20(28)15-6-4-3-5-7-15/h3-10,12H,11H2,1-2H3,(H,22,26)(H,24,27)(H,23,25,28). The molecule has 0 bridgehead atoms. The lowest BCUT2D eigenvalue weighted by molar-refractivity contribution is -0.116. The topological polar surface area (TPSA) is 100 Å². The summed E-state index contributed by atoms with van der Waals surface area (Å²) in [6.07, 6.45) is 0.0468. The van der Waals surface area contributed by atoms with Crippen molar-refractivity contribution < 1.29 is 14.4 Å². The van der Waals surface area contributed by atoms with Crippen molar-refractivity contribution in [3.63, 3.8) is 0 Å². The van der Waals surface area contributed by atoms with Gasteiger partial charge in [0.1, 0.15) is 0 Å². The Morgan fingerprint density at radius 1 is 0.966 bits per heavy atom. The van der Waals surface area contributed by atoms with Gasteiger partial charge in [0.2, 0.25) is 11.8 Å². The summed E-state index contributed by atoms with van der Waals surface area (Å²) in [6, 6.07) is 14.2. The van der Waals surface area contributed by atoms with Gasteiger partial charge in [-0.2, -0.15) is 0 Å². The van der Waals surface area contributed by atoms with Crippen LogP contribution in [0, 0.1) is 6.92 Å². The Morgan fingerprint density at radius 3 is 2.45 bits per heavy atom. The zero-order chi connectivity index (χ0) is 20.8. The van der Waals surface area contributed by atoms with E-state index in [1.807, 2.05) is 19.1 Å². The minimum atomic E-state index is -0.270. The number of amides is 3. The second-order valence-corrected chi connectivity index (χ2v) is 7.28. The number of benzene rings is 2.